The van der Waals surface area contributed by atoms with Crippen molar-refractivity contribution in [1.82, 2.24) is 0 Å². The van der Waals surface area contributed by atoms with Crippen LogP contribution >= 0.6 is 11.8 Å². The normalized spacial score (nSPS) is 28.7. The quantitative estimate of drug-likeness (QED) is 0.531. The van der Waals surface area contributed by atoms with Crippen LogP contribution in [0.25, 0.3) is 0 Å². The number of carbonyl (C=O) groups is 2. The van der Waals surface area contributed by atoms with Gasteiger partial charge in [0.05, 0.1) is 5.76 Å². The standard InChI is InChI=1S/C9H11BO4S/c1-3-15-9(12)10-7(4-6(2)13-10)5-8(11)14-10/h2-5H2,1H3. The van der Waals surface area contributed by atoms with Crippen molar-refractivity contribution < 1.29 is 18.9 Å². The molecule has 0 N–H and O–H groups in total. The summed E-state index contributed by atoms with van der Waals surface area (Å²) in [5.41, 5.74) is 0. The summed E-state index contributed by atoms with van der Waals surface area (Å²) in [6.45, 7) is 3.37. The number of fused-ring (bicyclic) bond motifs is 1. The predicted molar refractivity (Wildman–Crippen MR) is 58.1 cm³/mol. The molecule has 2 saturated heterocycles. The Bertz CT molecular complexity index is 321. The fourth-order valence-corrected chi connectivity index (χ4v) is 2.75. The minimum absolute atomic E-state index is 0.190. The van der Waals surface area contributed by atoms with Gasteiger partial charge in [0, 0.05) is 5.82 Å². The van der Waals surface area contributed by atoms with Crippen LogP contribution in [0.5, 0.6) is 0 Å². The summed E-state index contributed by atoms with van der Waals surface area (Å²) in [5.74, 6) is 1.53. The van der Waals surface area contributed by atoms with Crippen LogP contribution in [0.2, 0.25) is 0 Å². The van der Waals surface area contributed by atoms with Gasteiger partial charge in [-0.15, -0.1) is 11.8 Å². The van der Waals surface area contributed by atoms with Gasteiger partial charge in [-0.3, -0.25) is 4.79 Å². The Morgan fingerprint density at radius 3 is 3.00 bits per heavy atom. The van der Waals surface area contributed by atoms with E-state index in [1.807, 2.05) is 6.92 Å². The van der Waals surface area contributed by atoms with Crippen LogP contribution in [0.1, 0.15) is 19.8 Å². The van der Waals surface area contributed by atoms with Crippen molar-refractivity contribution in [2.24, 2.45) is 0 Å². The minimum Gasteiger partial charge on any atom is -0.637 e. The SMILES string of the molecule is C=C1C[C+]2CC(=O)O[B-]2(C(=O)SCC)O1. The molecule has 0 aromatic rings. The fraction of sp³-hybridized carbons (Fsp3) is 0.444. The molecule has 0 aliphatic carbocycles. The zero-order valence-corrected chi connectivity index (χ0v) is 9.26. The molecule has 2 aliphatic heterocycles. The van der Waals surface area contributed by atoms with E-state index in [0.29, 0.717) is 17.9 Å². The van der Waals surface area contributed by atoms with Crippen molar-refractivity contribution in [2.45, 2.75) is 19.8 Å². The molecule has 6 heteroatoms. The lowest BCUT2D eigenvalue weighted by atomic mass is 9.50. The second-order valence-electron chi connectivity index (χ2n) is 3.62. The van der Waals surface area contributed by atoms with Crippen LogP contribution in [0.3, 0.4) is 0 Å². The summed E-state index contributed by atoms with van der Waals surface area (Å²) in [4.78, 5) is 23.0. The van der Waals surface area contributed by atoms with E-state index in [9.17, 15) is 9.59 Å². The van der Waals surface area contributed by atoms with Crippen molar-refractivity contribution in [3.63, 3.8) is 0 Å². The average Bonchev–Trinajstić information content (AvgIpc) is 2.57. The Morgan fingerprint density at radius 1 is 1.60 bits per heavy atom. The number of rotatable bonds is 2. The summed E-state index contributed by atoms with van der Waals surface area (Å²) < 4.78 is 10.5. The molecule has 0 aromatic carbocycles. The third kappa shape index (κ3) is 1.53. The number of thioether (sulfide) groups is 1. The van der Waals surface area contributed by atoms with Gasteiger partial charge < -0.3 is 14.1 Å². The molecule has 0 saturated carbocycles. The van der Waals surface area contributed by atoms with Crippen LogP contribution in [-0.2, 0) is 14.1 Å². The zero-order valence-electron chi connectivity index (χ0n) is 8.45. The average molecular weight is 226 g/mol. The molecule has 4 nitrogen and oxygen atoms in total. The highest BCUT2D eigenvalue weighted by molar-refractivity contribution is 8.17. The molecule has 2 fully saturated rings. The molecule has 2 aliphatic rings. The predicted octanol–water partition coefficient (Wildman–Crippen LogP) is 1.88. The molecular weight excluding hydrogens is 215 g/mol. The lowest BCUT2D eigenvalue weighted by molar-refractivity contribution is -0.133. The van der Waals surface area contributed by atoms with E-state index in [2.05, 4.69) is 6.58 Å². The lowest BCUT2D eigenvalue weighted by Gasteiger charge is -2.23. The minimum atomic E-state index is -2.17. The highest BCUT2D eigenvalue weighted by atomic mass is 32.2. The smallest absolute Gasteiger partial charge is 0.631 e. The first-order valence-corrected chi connectivity index (χ1v) is 5.82. The molecule has 0 radical (unpaired) electrons. The lowest BCUT2D eigenvalue weighted by Crippen LogP contribution is -2.46. The largest absolute Gasteiger partial charge is 0.637 e. The van der Waals surface area contributed by atoms with Gasteiger partial charge in [0.15, 0.2) is 5.01 Å². The Kier molecular flexibility index (Phi) is 2.46. The van der Waals surface area contributed by atoms with Crippen molar-refractivity contribution >= 4 is 29.3 Å². The molecule has 80 valence electrons. The summed E-state index contributed by atoms with van der Waals surface area (Å²) in [6.07, 6.45) is 0.663. The van der Waals surface area contributed by atoms with E-state index >= 15 is 0 Å². The van der Waals surface area contributed by atoms with E-state index in [1.165, 1.54) is 0 Å². The summed E-state index contributed by atoms with van der Waals surface area (Å²) >= 11 is 1.12. The van der Waals surface area contributed by atoms with Gasteiger partial charge in [-0.2, -0.15) is 0 Å². The number of hydrogen-bond donors (Lipinski definition) is 0. The third-order valence-electron chi connectivity index (χ3n) is 2.56. The number of allylic oxidation sites excluding steroid dienone is 1. The molecule has 0 aromatic heterocycles. The third-order valence-corrected chi connectivity index (χ3v) is 3.44. The van der Waals surface area contributed by atoms with Crippen LogP contribution in [0.4, 0.5) is 4.79 Å². The Morgan fingerprint density at radius 2 is 2.33 bits per heavy atom. The summed E-state index contributed by atoms with van der Waals surface area (Å²) in [5, 5.41) is -0.197. The van der Waals surface area contributed by atoms with Crippen molar-refractivity contribution in [3.8, 4) is 0 Å². The van der Waals surface area contributed by atoms with Crippen molar-refractivity contribution in [3.05, 3.63) is 18.2 Å². The maximum absolute atomic E-state index is 11.9. The molecule has 2 rings (SSSR count). The van der Waals surface area contributed by atoms with Gasteiger partial charge in [0.1, 0.15) is 12.8 Å². The Hall–Kier alpha value is -1.04. The fourth-order valence-electron chi connectivity index (χ4n) is 1.98. The van der Waals surface area contributed by atoms with E-state index < -0.39 is 6.55 Å². The van der Waals surface area contributed by atoms with E-state index in [4.69, 9.17) is 9.31 Å². The maximum atomic E-state index is 11.9. The maximum Gasteiger partial charge on any atom is 0.631 e. The zero-order chi connectivity index (χ0) is 11.1. The Labute approximate surface area is 92.4 Å². The number of carbonyl (C=O) groups excluding carboxylic acids is 2. The molecule has 0 spiro atoms. The molecule has 15 heavy (non-hydrogen) atoms. The van der Waals surface area contributed by atoms with Crippen LogP contribution < -0.4 is 0 Å². The summed E-state index contributed by atoms with van der Waals surface area (Å²) in [7, 11) is 0. The van der Waals surface area contributed by atoms with Gasteiger partial charge in [-0.25, -0.2) is 0 Å². The van der Waals surface area contributed by atoms with Gasteiger partial charge >= 0.3 is 12.5 Å². The topological polar surface area (TPSA) is 52.6 Å². The molecule has 0 bridgehead atoms. The van der Waals surface area contributed by atoms with E-state index in [-0.39, 0.29) is 17.4 Å². The van der Waals surface area contributed by atoms with Gasteiger partial charge in [-0.05, 0) is 5.75 Å². The highest BCUT2D eigenvalue weighted by Gasteiger charge is 2.68. The first-order chi connectivity index (χ1) is 7.08. The van der Waals surface area contributed by atoms with E-state index in [0.717, 1.165) is 17.6 Å². The van der Waals surface area contributed by atoms with Crippen molar-refractivity contribution in [2.75, 3.05) is 5.75 Å². The van der Waals surface area contributed by atoms with Crippen molar-refractivity contribution in [1.29, 1.82) is 0 Å². The van der Waals surface area contributed by atoms with Crippen LogP contribution in [0, 0.1) is 5.82 Å². The first-order valence-electron chi connectivity index (χ1n) is 4.83. The second-order valence-corrected chi connectivity index (χ2v) is 4.89. The van der Waals surface area contributed by atoms with Gasteiger partial charge in [-0.1, -0.05) is 13.5 Å². The van der Waals surface area contributed by atoms with Gasteiger partial charge in [0.2, 0.25) is 0 Å². The van der Waals surface area contributed by atoms with E-state index in [1.54, 1.807) is 0 Å². The molecule has 1 unspecified atom stereocenters. The summed E-state index contributed by atoms with van der Waals surface area (Å²) in [6, 6.07) is 0. The molecule has 1 atom stereocenters. The molecular formula is C9H11BO4S. The van der Waals surface area contributed by atoms with Crippen LogP contribution in [-0.4, -0.2) is 23.3 Å². The second kappa shape index (κ2) is 3.52. The molecule has 2 heterocycles. The number of hydrogen-bond acceptors (Lipinski definition) is 5. The van der Waals surface area contributed by atoms with Crippen LogP contribution in [0.15, 0.2) is 12.3 Å². The highest BCUT2D eigenvalue weighted by Crippen LogP contribution is 2.46. The first kappa shape index (κ1) is 10.5. The molecule has 0 amide bonds. The monoisotopic (exact) mass is 226 g/mol. The van der Waals surface area contributed by atoms with Gasteiger partial charge in [0.25, 0.3) is 0 Å². The Balaban J connectivity index is 2.26.